The molecule has 2 aliphatic heterocycles. The molecule has 3 heterocycles. The Morgan fingerprint density at radius 1 is 1.06 bits per heavy atom. The number of carbonyl (C=O) groups is 2. The van der Waals surface area contributed by atoms with Crippen LogP contribution in [0.3, 0.4) is 0 Å². The molecule has 0 spiro atoms. The minimum atomic E-state index is -0.695. The summed E-state index contributed by atoms with van der Waals surface area (Å²) in [5, 5.41) is 0. The SMILES string of the molecule is CCOC(=O)C1=C(C)N=c2s/c(=C3/C(=O)N(CC)c4ccccc43)c(=O)n2[C@H]1c1ccccc1. The van der Waals surface area contributed by atoms with Crippen molar-refractivity contribution in [1.82, 2.24) is 4.57 Å². The zero-order valence-corrected chi connectivity index (χ0v) is 19.9. The molecular formula is C26H23N3O4S. The summed E-state index contributed by atoms with van der Waals surface area (Å²) >= 11 is 1.18. The van der Waals surface area contributed by atoms with Gasteiger partial charge < -0.3 is 9.64 Å². The summed E-state index contributed by atoms with van der Waals surface area (Å²) in [4.78, 5) is 47.0. The summed E-state index contributed by atoms with van der Waals surface area (Å²) in [5.41, 5.74) is 3.15. The van der Waals surface area contributed by atoms with Crippen molar-refractivity contribution in [3.63, 3.8) is 0 Å². The quantitative estimate of drug-likeness (QED) is 0.546. The van der Waals surface area contributed by atoms with Crippen LogP contribution in [0.2, 0.25) is 0 Å². The Hall–Kier alpha value is -3.78. The minimum Gasteiger partial charge on any atom is -0.463 e. The van der Waals surface area contributed by atoms with E-state index in [1.807, 2.05) is 61.5 Å². The van der Waals surface area contributed by atoms with Crippen LogP contribution in [0.4, 0.5) is 5.69 Å². The molecule has 0 N–H and O–H groups in total. The number of para-hydroxylation sites is 1. The largest absolute Gasteiger partial charge is 0.463 e. The number of rotatable bonds is 4. The first-order chi connectivity index (χ1) is 16.5. The first kappa shape index (κ1) is 22.0. The Morgan fingerprint density at radius 2 is 1.76 bits per heavy atom. The van der Waals surface area contributed by atoms with E-state index in [0.717, 1.165) is 16.8 Å². The van der Waals surface area contributed by atoms with Crippen LogP contribution in [0.15, 0.2) is 75.7 Å². The summed E-state index contributed by atoms with van der Waals surface area (Å²) in [6.07, 6.45) is 0. The van der Waals surface area contributed by atoms with Gasteiger partial charge in [0.25, 0.3) is 11.5 Å². The highest BCUT2D eigenvalue weighted by Gasteiger charge is 2.36. The average molecular weight is 474 g/mol. The van der Waals surface area contributed by atoms with E-state index < -0.39 is 12.0 Å². The second-order valence-electron chi connectivity index (χ2n) is 7.98. The molecule has 172 valence electrons. The van der Waals surface area contributed by atoms with Crippen molar-refractivity contribution in [2.45, 2.75) is 26.8 Å². The number of hydrogen-bond acceptors (Lipinski definition) is 6. The summed E-state index contributed by atoms with van der Waals surface area (Å²) in [6, 6.07) is 16.1. The van der Waals surface area contributed by atoms with Crippen LogP contribution in [0.5, 0.6) is 0 Å². The van der Waals surface area contributed by atoms with Gasteiger partial charge in [-0.15, -0.1) is 0 Å². The molecule has 34 heavy (non-hydrogen) atoms. The maximum Gasteiger partial charge on any atom is 0.338 e. The molecule has 1 atom stereocenters. The van der Waals surface area contributed by atoms with Crippen molar-refractivity contribution in [2.24, 2.45) is 4.99 Å². The van der Waals surface area contributed by atoms with Gasteiger partial charge in [0.05, 0.1) is 35.2 Å². The predicted octanol–water partition coefficient (Wildman–Crippen LogP) is 2.54. The zero-order valence-electron chi connectivity index (χ0n) is 19.1. The number of esters is 1. The van der Waals surface area contributed by atoms with Gasteiger partial charge in [0.1, 0.15) is 4.53 Å². The van der Waals surface area contributed by atoms with Crippen LogP contribution in [0.25, 0.3) is 5.57 Å². The predicted molar refractivity (Wildman–Crippen MR) is 130 cm³/mol. The highest BCUT2D eigenvalue weighted by molar-refractivity contribution is 7.07. The van der Waals surface area contributed by atoms with Gasteiger partial charge >= 0.3 is 5.97 Å². The molecule has 7 nitrogen and oxygen atoms in total. The van der Waals surface area contributed by atoms with E-state index in [1.54, 1.807) is 18.7 Å². The lowest BCUT2D eigenvalue weighted by Gasteiger charge is -2.24. The maximum absolute atomic E-state index is 13.9. The monoisotopic (exact) mass is 473 g/mol. The number of aromatic nitrogens is 1. The fourth-order valence-corrected chi connectivity index (χ4v) is 5.74. The van der Waals surface area contributed by atoms with Gasteiger partial charge in [0, 0.05) is 12.1 Å². The number of fused-ring (bicyclic) bond motifs is 2. The molecule has 2 aromatic carbocycles. The number of thiazole rings is 1. The highest BCUT2D eigenvalue weighted by Crippen LogP contribution is 2.35. The number of nitrogens with zero attached hydrogens (tertiary/aromatic N) is 3. The maximum atomic E-state index is 13.9. The molecule has 0 aliphatic carbocycles. The molecule has 0 fully saturated rings. The summed E-state index contributed by atoms with van der Waals surface area (Å²) in [7, 11) is 0. The topological polar surface area (TPSA) is 81.0 Å². The van der Waals surface area contributed by atoms with Crippen LogP contribution < -0.4 is 19.8 Å². The van der Waals surface area contributed by atoms with Crippen molar-refractivity contribution in [3.05, 3.63) is 96.7 Å². The lowest BCUT2D eigenvalue weighted by atomic mass is 9.96. The molecule has 1 amide bonds. The Kier molecular flexibility index (Phi) is 5.53. The molecule has 1 aromatic heterocycles. The molecule has 0 saturated heterocycles. The molecule has 5 rings (SSSR count). The third kappa shape index (κ3) is 3.25. The van der Waals surface area contributed by atoms with Crippen LogP contribution in [-0.4, -0.2) is 29.6 Å². The number of likely N-dealkylation sites (N-methyl/N-ethyl adjacent to an activating group) is 1. The molecule has 8 heteroatoms. The van der Waals surface area contributed by atoms with E-state index in [-0.39, 0.29) is 18.1 Å². The molecule has 0 bridgehead atoms. The molecule has 3 aromatic rings. The Bertz CT molecular complexity index is 1530. The molecule has 2 aliphatic rings. The average Bonchev–Trinajstić information content (AvgIpc) is 3.30. The third-order valence-corrected chi connectivity index (χ3v) is 7.13. The van der Waals surface area contributed by atoms with Crippen molar-refractivity contribution in [3.8, 4) is 0 Å². The minimum absolute atomic E-state index is 0.202. The van der Waals surface area contributed by atoms with E-state index >= 15 is 0 Å². The second-order valence-corrected chi connectivity index (χ2v) is 8.95. The first-order valence-corrected chi connectivity index (χ1v) is 12.0. The van der Waals surface area contributed by atoms with Gasteiger partial charge in [-0.25, -0.2) is 9.79 Å². The number of ether oxygens (including phenoxy) is 1. The Balaban J connectivity index is 1.83. The van der Waals surface area contributed by atoms with Gasteiger partial charge in [0.15, 0.2) is 4.80 Å². The fraction of sp³-hybridized carbons (Fsp3) is 0.231. The summed E-state index contributed by atoms with van der Waals surface area (Å²) in [5.74, 6) is -0.707. The normalized spacial score (nSPS) is 18.5. The van der Waals surface area contributed by atoms with Crippen LogP contribution in [0, 0.1) is 0 Å². The summed E-state index contributed by atoms with van der Waals surface area (Å²) in [6.45, 7) is 6.10. The standard InChI is InChI=1S/C26H23N3O4S/c1-4-28-18-14-10-9-13-17(18)20(23(28)30)22-24(31)29-21(16-11-7-6-8-12-16)19(25(32)33-5-2)15(3)27-26(29)34-22/h6-14,21H,4-5H2,1-3H3/b22-20+/t21-/m0/s1. The fourth-order valence-electron chi connectivity index (χ4n) is 4.61. The number of benzene rings is 2. The van der Waals surface area contributed by atoms with Crippen molar-refractivity contribution in [2.75, 3.05) is 18.1 Å². The molecular weight excluding hydrogens is 450 g/mol. The van der Waals surface area contributed by atoms with Gasteiger partial charge in [-0.2, -0.15) is 0 Å². The Morgan fingerprint density at radius 3 is 2.47 bits per heavy atom. The smallest absolute Gasteiger partial charge is 0.338 e. The van der Waals surface area contributed by atoms with Gasteiger partial charge in [-0.3, -0.25) is 14.2 Å². The number of anilines is 1. The van der Waals surface area contributed by atoms with Gasteiger partial charge in [0.2, 0.25) is 0 Å². The third-order valence-electron chi connectivity index (χ3n) is 6.07. The second kappa shape index (κ2) is 8.53. The molecule has 0 radical (unpaired) electrons. The van der Waals surface area contributed by atoms with Crippen LogP contribution in [-0.2, 0) is 14.3 Å². The highest BCUT2D eigenvalue weighted by atomic mass is 32.1. The van der Waals surface area contributed by atoms with Crippen LogP contribution in [0.1, 0.15) is 37.9 Å². The lowest BCUT2D eigenvalue weighted by Crippen LogP contribution is -2.41. The molecule has 0 saturated carbocycles. The Labute approximate surface area is 199 Å². The zero-order chi connectivity index (χ0) is 24.0. The number of hydrogen-bond donors (Lipinski definition) is 0. The van der Waals surface area contributed by atoms with Crippen molar-refractivity contribution >= 4 is 34.5 Å². The number of amides is 1. The van der Waals surface area contributed by atoms with E-state index in [1.165, 1.54) is 15.9 Å². The van der Waals surface area contributed by atoms with Crippen molar-refractivity contribution < 1.29 is 14.3 Å². The number of allylic oxidation sites excluding steroid dienone is 1. The lowest BCUT2D eigenvalue weighted by molar-refractivity contribution is -0.139. The van der Waals surface area contributed by atoms with E-state index in [2.05, 4.69) is 4.99 Å². The van der Waals surface area contributed by atoms with E-state index in [9.17, 15) is 14.4 Å². The summed E-state index contributed by atoms with van der Waals surface area (Å²) < 4.78 is 7.17. The van der Waals surface area contributed by atoms with Crippen molar-refractivity contribution in [1.29, 1.82) is 0 Å². The van der Waals surface area contributed by atoms with Gasteiger partial charge in [-0.1, -0.05) is 59.9 Å². The van der Waals surface area contributed by atoms with Crippen LogP contribution >= 0.6 is 11.3 Å². The van der Waals surface area contributed by atoms with E-state index in [0.29, 0.717) is 32.7 Å². The van der Waals surface area contributed by atoms with Gasteiger partial charge in [-0.05, 0) is 32.4 Å². The van der Waals surface area contributed by atoms with E-state index in [4.69, 9.17) is 4.74 Å². The molecule has 0 unspecified atom stereocenters. The first-order valence-electron chi connectivity index (χ1n) is 11.2. The number of carbonyl (C=O) groups excluding carboxylic acids is 2.